The topological polar surface area (TPSA) is 26.7 Å². The Kier molecular flexibility index (Phi) is 12.1. The number of phenols is 1. The number of fused-ring (bicyclic) bond motifs is 9. The molecule has 0 fully saturated rings. The maximum Gasteiger partial charge on any atom is 0.115 e. The molecule has 85 heavy (non-hydrogen) atoms. The Bertz CT molecular complexity index is 4540. The van der Waals surface area contributed by atoms with Gasteiger partial charge in [0.2, 0.25) is 0 Å². The van der Waals surface area contributed by atoms with Crippen molar-refractivity contribution in [2.75, 3.05) is 9.80 Å². The van der Waals surface area contributed by atoms with Crippen LogP contribution in [-0.4, -0.2) is 11.1 Å². The van der Waals surface area contributed by atoms with E-state index in [0.717, 1.165) is 50.6 Å². The van der Waals surface area contributed by atoms with Crippen molar-refractivity contribution in [3.05, 3.63) is 324 Å². The Morgan fingerprint density at radius 2 is 0.635 bits per heavy atom. The molecule has 0 amide bonds. The van der Waals surface area contributed by atoms with Crippen LogP contribution in [0.3, 0.4) is 0 Å². The summed E-state index contributed by atoms with van der Waals surface area (Å²) in [4.78, 5) is 4.87. The van der Waals surface area contributed by atoms with E-state index in [1.807, 2.05) is 12.1 Å². The molecule has 0 aromatic heterocycles. The van der Waals surface area contributed by atoms with Crippen molar-refractivity contribution in [2.45, 2.75) is 63.8 Å². The highest BCUT2D eigenvalue weighted by Crippen LogP contribution is 2.58. The van der Waals surface area contributed by atoms with Gasteiger partial charge in [-0.1, -0.05) is 222 Å². The monoisotopic (exact) mass is 1090 g/mol. The fourth-order valence-electron chi connectivity index (χ4n) is 14.8. The summed E-state index contributed by atoms with van der Waals surface area (Å²) in [5.74, 6) is 0.243. The van der Waals surface area contributed by atoms with Crippen LogP contribution in [0, 0.1) is 0 Å². The molecule has 1 N–H and O–H groups in total. The lowest BCUT2D eigenvalue weighted by atomic mass is 9.67. The first kappa shape index (κ1) is 51.9. The van der Waals surface area contributed by atoms with Crippen molar-refractivity contribution in [1.29, 1.82) is 0 Å². The van der Waals surface area contributed by atoms with Crippen LogP contribution in [0.15, 0.2) is 279 Å². The number of anilines is 5. The number of hydrogen-bond donors (Lipinski definition) is 1. The van der Waals surface area contributed by atoms with Gasteiger partial charge in [-0.15, -0.1) is 0 Å². The Morgan fingerprint density at radius 1 is 0.282 bits per heavy atom. The van der Waals surface area contributed by atoms with Gasteiger partial charge in [0.05, 0.1) is 5.41 Å². The second kappa shape index (κ2) is 19.9. The molecule has 0 saturated carbocycles. The minimum atomic E-state index is -0.704. The predicted octanol–water partition coefficient (Wildman–Crippen LogP) is 21.4. The third-order valence-corrected chi connectivity index (χ3v) is 19.0. The molecule has 12 aromatic rings. The summed E-state index contributed by atoms with van der Waals surface area (Å²) in [6.07, 6.45) is 0. The maximum atomic E-state index is 10.9. The molecule has 3 aliphatic carbocycles. The second-order valence-corrected chi connectivity index (χ2v) is 24.8. The smallest absolute Gasteiger partial charge is 0.115 e. The largest absolute Gasteiger partial charge is 0.508 e. The number of aromatic hydroxyl groups is 1. The molecule has 0 spiro atoms. The zero-order valence-electron chi connectivity index (χ0n) is 49.0. The molecule has 0 radical (unpaired) electrons. The first-order valence-corrected chi connectivity index (χ1v) is 30.0. The molecule has 1 unspecified atom stereocenters. The van der Waals surface area contributed by atoms with E-state index in [1.54, 1.807) is 0 Å². The molecule has 12 aromatic carbocycles. The molecule has 15 rings (SSSR count). The predicted molar refractivity (Wildman–Crippen MR) is 355 cm³/mol. The summed E-state index contributed by atoms with van der Waals surface area (Å²) < 4.78 is 0. The van der Waals surface area contributed by atoms with Gasteiger partial charge in [-0.25, -0.2) is 0 Å². The average molecular weight is 1100 g/mol. The highest BCUT2D eigenvalue weighted by molar-refractivity contribution is 5.92. The van der Waals surface area contributed by atoms with E-state index in [1.165, 1.54) is 89.1 Å². The first-order valence-electron chi connectivity index (χ1n) is 30.0. The van der Waals surface area contributed by atoms with Crippen LogP contribution >= 0.6 is 0 Å². The Balaban J connectivity index is 0.811. The summed E-state index contributed by atoms with van der Waals surface area (Å²) >= 11 is 0. The van der Waals surface area contributed by atoms with Gasteiger partial charge in [0, 0.05) is 45.3 Å². The fourth-order valence-corrected chi connectivity index (χ4v) is 14.8. The number of phenolic OH excluding ortho intramolecular Hbond substituents is 1. The van der Waals surface area contributed by atoms with Crippen LogP contribution in [0.4, 0.5) is 28.4 Å². The Labute approximate surface area is 500 Å². The lowest BCUT2D eigenvalue weighted by Crippen LogP contribution is -2.28. The highest BCUT2D eigenvalue weighted by atomic mass is 16.3. The van der Waals surface area contributed by atoms with E-state index in [9.17, 15) is 5.11 Å². The quantitative estimate of drug-likeness (QED) is 0.140. The van der Waals surface area contributed by atoms with Gasteiger partial charge < -0.3 is 14.9 Å². The third-order valence-electron chi connectivity index (χ3n) is 19.0. The summed E-state index contributed by atoms with van der Waals surface area (Å²) in [7, 11) is 0. The normalized spacial score (nSPS) is 15.3. The van der Waals surface area contributed by atoms with Gasteiger partial charge in [-0.05, 0) is 210 Å². The second-order valence-electron chi connectivity index (χ2n) is 24.8. The van der Waals surface area contributed by atoms with E-state index in [2.05, 4.69) is 318 Å². The molecule has 0 saturated heterocycles. The molecular weight excluding hydrogens is 1030 g/mol. The third kappa shape index (κ3) is 8.23. The molecule has 0 bridgehead atoms. The van der Waals surface area contributed by atoms with Crippen molar-refractivity contribution in [3.8, 4) is 72.5 Å². The highest BCUT2D eigenvalue weighted by Gasteiger charge is 2.47. The van der Waals surface area contributed by atoms with Gasteiger partial charge in [0.1, 0.15) is 5.75 Å². The zero-order chi connectivity index (χ0) is 57.8. The number of nitrogens with zero attached hydrogens (tertiary/aromatic N) is 2. The molecule has 1 atom stereocenters. The average Bonchev–Trinajstić information content (AvgIpc) is 1.67. The molecular formula is C82H66N2O. The Hall–Kier alpha value is -9.96. The summed E-state index contributed by atoms with van der Waals surface area (Å²) in [6.45, 7) is 14.0. The zero-order valence-corrected chi connectivity index (χ0v) is 49.0. The van der Waals surface area contributed by atoms with Gasteiger partial charge in [-0.3, -0.25) is 0 Å². The van der Waals surface area contributed by atoms with Crippen molar-refractivity contribution in [3.63, 3.8) is 0 Å². The van der Waals surface area contributed by atoms with Gasteiger partial charge in [-0.2, -0.15) is 0 Å². The van der Waals surface area contributed by atoms with Crippen LogP contribution in [0.2, 0.25) is 0 Å². The molecule has 0 aliphatic heterocycles. The SMILES string of the molecule is CC(C)N(c1ccc(-c2ccc3c(c2)C(c2ccccc2)(c2ccc(O)cc2)c2cc(-c4ccc(N(c5ccc(-c6ccccc6)cc5)c5ccc6c(c5)C(C)(C)c5ccccc5-6)cc4)ccc2-3)cc1)c1ccc2c(c1)C(C)(C)c1ccccc1-2. The van der Waals surface area contributed by atoms with E-state index < -0.39 is 5.41 Å². The minimum absolute atomic E-state index is 0.0828. The summed E-state index contributed by atoms with van der Waals surface area (Å²) in [5.41, 5.74) is 29.5. The summed E-state index contributed by atoms with van der Waals surface area (Å²) in [5, 5.41) is 10.9. The van der Waals surface area contributed by atoms with Crippen LogP contribution in [0.25, 0.3) is 66.8 Å². The Morgan fingerprint density at radius 3 is 1.14 bits per heavy atom. The van der Waals surface area contributed by atoms with Crippen LogP contribution in [-0.2, 0) is 16.2 Å². The first-order chi connectivity index (χ1) is 41.4. The molecule has 410 valence electrons. The van der Waals surface area contributed by atoms with Crippen LogP contribution < -0.4 is 9.80 Å². The minimum Gasteiger partial charge on any atom is -0.508 e. The van der Waals surface area contributed by atoms with Crippen molar-refractivity contribution in [2.24, 2.45) is 0 Å². The molecule has 3 nitrogen and oxygen atoms in total. The van der Waals surface area contributed by atoms with Crippen molar-refractivity contribution in [1.82, 2.24) is 0 Å². The van der Waals surface area contributed by atoms with E-state index >= 15 is 0 Å². The number of benzene rings is 12. The molecule has 3 heteroatoms. The van der Waals surface area contributed by atoms with E-state index in [-0.39, 0.29) is 22.6 Å². The van der Waals surface area contributed by atoms with Gasteiger partial charge in [0.15, 0.2) is 0 Å². The van der Waals surface area contributed by atoms with Crippen LogP contribution in [0.1, 0.15) is 86.1 Å². The summed E-state index contributed by atoms with van der Waals surface area (Å²) in [6, 6.07) is 103. The van der Waals surface area contributed by atoms with E-state index in [0.29, 0.717) is 0 Å². The molecule has 3 aliphatic rings. The van der Waals surface area contributed by atoms with E-state index in [4.69, 9.17) is 0 Å². The molecule has 0 heterocycles. The lowest BCUT2D eigenvalue weighted by Gasteiger charge is -2.34. The fraction of sp³-hybridized carbons (Fsp3) is 0.122. The van der Waals surface area contributed by atoms with Gasteiger partial charge in [0.25, 0.3) is 0 Å². The van der Waals surface area contributed by atoms with Gasteiger partial charge >= 0.3 is 0 Å². The maximum absolute atomic E-state index is 10.9. The lowest BCUT2D eigenvalue weighted by molar-refractivity contribution is 0.475. The van der Waals surface area contributed by atoms with Crippen molar-refractivity contribution < 1.29 is 5.11 Å². The van der Waals surface area contributed by atoms with Crippen molar-refractivity contribution >= 4 is 28.4 Å². The number of rotatable bonds is 11. The number of hydrogen-bond acceptors (Lipinski definition) is 3. The van der Waals surface area contributed by atoms with Crippen LogP contribution in [0.5, 0.6) is 5.75 Å². The standard InChI is InChI=1S/C82H66N2O/c1-53(2)83(65-41-47-70-68-21-13-15-23-74(68)80(3,4)76(70)51-65)62-35-27-56(28-36-62)58-31-45-72-73-46-32-59(50-79(73)82(78(72)49-58,60-19-11-8-12-20-60)61-33-43-67(85)44-34-61)57-29-39-64(40-30-57)84(63-37-25-55(26-38-63)54-17-9-7-10-18-54)66-42-48-71-69-22-14-16-24-75(69)81(5,6)77(71)52-66/h7-53,85H,1-6H3.